The Balaban J connectivity index is 2.85. The Bertz CT molecular complexity index is 753. The molecular weight excluding hydrogens is 270 g/mol. The Kier molecular flexibility index (Phi) is 4.62. The fourth-order valence-corrected chi connectivity index (χ4v) is 2.59. The maximum atomic E-state index is 12.5. The minimum atomic E-state index is -0.305. The van der Waals surface area contributed by atoms with Gasteiger partial charge in [-0.15, -0.1) is 0 Å². The maximum absolute atomic E-state index is 12.5. The number of aryl methyl sites for hydroxylation is 3. The molecule has 0 aliphatic heterocycles. The fourth-order valence-electron chi connectivity index (χ4n) is 2.59. The van der Waals surface area contributed by atoms with E-state index in [1.54, 1.807) is 4.57 Å². The summed E-state index contributed by atoms with van der Waals surface area (Å²) < 4.78 is 4.67. The summed E-state index contributed by atoms with van der Waals surface area (Å²) in [6, 6.07) is 0. The zero-order chi connectivity index (χ0) is 15.6. The normalized spacial score (nSPS) is 11.4. The van der Waals surface area contributed by atoms with E-state index in [4.69, 9.17) is 5.73 Å². The first-order chi connectivity index (χ1) is 10.1. The van der Waals surface area contributed by atoms with Crippen LogP contribution in [0.15, 0.2) is 9.59 Å². The standard InChI is InChI=1S/C14H23N5O2/c1-4-8-19-12-11(13(20)17(3)14(19)21)18(9-6-7-15)10(5-2)16-12/h4-9,15H2,1-3H3. The van der Waals surface area contributed by atoms with E-state index in [9.17, 15) is 9.59 Å². The first kappa shape index (κ1) is 15.5. The number of imidazole rings is 1. The van der Waals surface area contributed by atoms with Crippen molar-refractivity contribution in [2.45, 2.75) is 46.2 Å². The van der Waals surface area contributed by atoms with Crippen molar-refractivity contribution in [3.05, 3.63) is 26.7 Å². The van der Waals surface area contributed by atoms with Crippen molar-refractivity contribution < 1.29 is 0 Å². The van der Waals surface area contributed by atoms with E-state index >= 15 is 0 Å². The fraction of sp³-hybridized carbons (Fsp3) is 0.643. The zero-order valence-corrected chi connectivity index (χ0v) is 12.9. The Morgan fingerprint density at radius 3 is 2.43 bits per heavy atom. The average molecular weight is 293 g/mol. The SMILES string of the molecule is CCCn1c(=O)n(C)c(=O)c2c1nc(CC)n2CCCN. The second-order valence-electron chi connectivity index (χ2n) is 5.15. The third kappa shape index (κ3) is 2.53. The Hall–Kier alpha value is -1.89. The number of nitrogens with two attached hydrogens (primary N) is 1. The molecule has 7 nitrogen and oxygen atoms in total. The van der Waals surface area contributed by atoms with Gasteiger partial charge in [0.25, 0.3) is 5.56 Å². The molecule has 0 atom stereocenters. The molecule has 0 saturated heterocycles. The zero-order valence-electron chi connectivity index (χ0n) is 12.9. The summed E-state index contributed by atoms with van der Waals surface area (Å²) >= 11 is 0. The van der Waals surface area contributed by atoms with E-state index in [2.05, 4.69) is 4.98 Å². The van der Waals surface area contributed by atoms with Crippen LogP contribution in [0, 0.1) is 0 Å². The first-order valence-corrected chi connectivity index (χ1v) is 7.45. The molecule has 21 heavy (non-hydrogen) atoms. The predicted molar refractivity (Wildman–Crippen MR) is 82.6 cm³/mol. The summed E-state index contributed by atoms with van der Waals surface area (Å²) in [4.78, 5) is 29.3. The highest BCUT2D eigenvalue weighted by atomic mass is 16.2. The summed E-state index contributed by atoms with van der Waals surface area (Å²) in [7, 11) is 1.52. The second kappa shape index (κ2) is 6.26. The van der Waals surface area contributed by atoms with E-state index in [1.165, 1.54) is 7.05 Å². The van der Waals surface area contributed by atoms with Crippen molar-refractivity contribution in [3.63, 3.8) is 0 Å². The van der Waals surface area contributed by atoms with Crippen LogP contribution < -0.4 is 17.0 Å². The van der Waals surface area contributed by atoms with Crippen molar-refractivity contribution in [3.8, 4) is 0 Å². The number of rotatable bonds is 6. The first-order valence-electron chi connectivity index (χ1n) is 7.45. The Labute approximate surface area is 123 Å². The number of fused-ring (bicyclic) bond motifs is 1. The lowest BCUT2D eigenvalue weighted by Crippen LogP contribution is -2.38. The summed E-state index contributed by atoms with van der Waals surface area (Å²) in [5.41, 5.74) is 6.00. The molecule has 2 N–H and O–H groups in total. The van der Waals surface area contributed by atoms with Gasteiger partial charge in [-0.05, 0) is 19.4 Å². The van der Waals surface area contributed by atoms with Gasteiger partial charge in [-0.2, -0.15) is 0 Å². The minimum Gasteiger partial charge on any atom is -0.330 e. The van der Waals surface area contributed by atoms with Crippen LogP contribution in [0.2, 0.25) is 0 Å². The van der Waals surface area contributed by atoms with Crippen LogP contribution in [0.1, 0.15) is 32.5 Å². The molecule has 0 unspecified atom stereocenters. The van der Waals surface area contributed by atoms with Crippen molar-refractivity contribution in [1.29, 1.82) is 0 Å². The van der Waals surface area contributed by atoms with Gasteiger partial charge in [-0.3, -0.25) is 13.9 Å². The molecule has 0 amide bonds. The molecule has 0 aliphatic carbocycles. The second-order valence-corrected chi connectivity index (χ2v) is 5.15. The van der Waals surface area contributed by atoms with Gasteiger partial charge in [-0.25, -0.2) is 9.78 Å². The van der Waals surface area contributed by atoms with E-state index in [-0.39, 0.29) is 11.2 Å². The number of hydrogen-bond donors (Lipinski definition) is 1. The van der Waals surface area contributed by atoms with Crippen LogP contribution >= 0.6 is 0 Å². The lowest BCUT2D eigenvalue weighted by atomic mass is 10.3. The van der Waals surface area contributed by atoms with E-state index in [1.807, 2.05) is 18.4 Å². The van der Waals surface area contributed by atoms with E-state index in [0.717, 1.165) is 23.2 Å². The molecular formula is C14H23N5O2. The predicted octanol–water partition coefficient (Wildman–Crippen LogP) is 0.218. The lowest BCUT2D eigenvalue weighted by Gasteiger charge is -2.09. The summed E-state index contributed by atoms with van der Waals surface area (Å²) in [6.45, 7) is 5.75. The third-order valence-corrected chi connectivity index (χ3v) is 3.66. The summed E-state index contributed by atoms with van der Waals surface area (Å²) in [5, 5.41) is 0. The molecule has 2 aromatic rings. The molecule has 0 spiro atoms. The average Bonchev–Trinajstić information content (AvgIpc) is 2.85. The smallest absolute Gasteiger partial charge is 0.330 e. The molecule has 0 radical (unpaired) electrons. The minimum absolute atomic E-state index is 0.286. The monoisotopic (exact) mass is 293 g/mol. The third-order valence-electron chi connectivity index (χ3n) is 3.66. The number of aromatic nitrogens is 4. The lowest BCUT2D eigenvalue weighted by molar-refractivity contribution is 0.605. The highest BCUT2D eigenvalue weighted by Crippen LogP contribution is 2.13. The molecule has 0 fully saturated rings. The van der Waals surface area contributed by atoms with Crippen LogP contribution in [-0.2, 0) is 26.6 Å². The van der Waals surface area contributed by atoms with Gasteiger partial charge < -0.3 is 10.3 Å². The molecule has 0 bridgehead atoms. The molecule has 0 aliphatic rings. The topological polar surface area (TPSA) is 87.8 Å². The van der Waals surface area contributed by atoms with Gasteiger partial charge in [0.2, 0.25) is 0 Å². The van der Waals surface area contributed by atoms with Crippen LogP contribution in [0.25, 0.3) is 11.2 Å². The molecule has 2 heterocycles. The molecule has 2 aromatic heterocycles. The molecule has 0 saturated carbocycles. The van der Waals surface area contributed by atoms with Crippen LogP contribution in [0.3, 0.4) is 0 Å². The van der Waals surface area contributed by atoms with Crippen molar-refractivity contribution >= 4 is 11.2 Å². The van der Waals surface area contributed by atoms with Gasteiger partial charge in [0.1, 0.15) is 5.82 Å². The molecule has 0 aromatic carbocycles. The summed E-state index contributed by atoms with van der Waals surface area (Å²) in [5.74, 6) is 0.825. The Morgan fingerprint density at radius 1 is 1.14 bits per heavy atom. The summed E-state index contributed by atoms with van der Waals surface area (Å²) in [6.07, 6.45) is 2.29. The van der Waals surface area contributed by atoms with Gasteiger partial charge in [0.15, 0.2) is 11.2 Å². The van der Waals surface area contributed by atoms with Crippen LogP contribution in [-0.4, -0.2) is 25.2 Å². The Morgan fingerprint density at radius 2 is 1.86 bits per heavy atom. The molecule has 116 valence electrons. The van der Waals surface area contributed by atoms with Gasteiger partial charge in [0, 0.05) is 26.6 Å². The quantitative estimate of drug-likeness (QED) is 0.825. The highest BCUT2D eigenvalue weighted by molar-refractivity contribution is 5.71. The van der Waals surface area contributed by atoms with E-state index < -0.39 is 0 Å². The van der Waals surface area contributed by atoms with E-state index in [0.29, 0.717) is 37.2 Å². The highest BCUT2D eigenvalue weighted by Gasteiger charge is 2.18. The van der Waals surface area contributed by atoms with Crippen molar-refractivity contribution in [2.75, 3.05) is 6.54 Å². The van der Waals surface area contributed by atoms with Crippen molar-refractivity contribution in [2.24, 2.45) is 12.8 Å². The van der Waals surface area contributed by atoms with Crippen molar-refractivity contribution in [1.82, 2.24) is 18.7 Å². The van der Waals surface area contributed by atoms with Crippen LogP contribution in [0.4, 0.5) is 0 Å². The number of hydrogen-bond acceptors (Lipinski definition) is 4. The molecule has 7 heteroatoms. The largest absolute Gasteiger partial charge is 0.332 e. The van der Waals surface area contributed by atoms with Gasteiger partial charge in [-0.1, -0.05) is 13.8 Å². The van der Waals surface area contributed by atoms with Gasteiger partial charge in [0.05, 0.1) is 0 Å². The number of nitrogens with zero attached hydrogens (tertiary/aromatic N) is 4. The molecule has 2 rings (SSSR count). The van der Waals surface area contributed by atoms with Crippen LogP contribution in [0.5, 0.6) is 0 Å². The van der Waals surface area contributed by atoms with Gasteiger partial charge >= 0.3 is 5.69 Å². The maximum Gasteiger partial charge on any atom is 0.332 e.